The number of benzene rings is 1. The number of anilines is 1. The van der Waals surface area contributed by atoms with Crippen LogP contribution < -0.4 is 15.5 Å². The molecule has 4 rings (SSSR count). The molecule has 0 spiro atoms. The first-order valence-corrected chi connectivity index (χ1v) is 11.1. The quantitative estimate of drug-likeness (QED) is 0.718. The molecule has 0 unspecified atom stereocenters. The van der Waals surface area contributed by atoms with Gasteiger partial charge in [-0.2, -0.15) is 0 Å². The molecule has 2 saturated heterocycles. The Labute approximate surface area is 174 Å². The van der Waals surface area contributed by atoms with Gasteiger partial charge >= 0.3 is 0 Å². The van der Waals surface area contributed by atoms with Crippen molar-refractivity contribution in [3.05, 3.63) is 29.8 Å². The molecule has 1 saturated carbocycles. The van der Waals surface area contributed by atoms with Gasteiger partial charge in [0, 0.05) is 44.6 Å². The maximum atomic E-state index is 12.8. The first kappa shape index (κ1) is 20.4. The highest BCUT2D eigenvalue weighted by molar-refractivity contribution is 5.86. The lowest BCUT2D eigenvalue weighted by molar-refractivity contribution is -0.124. The van der Waals surface area contributed by atoms with E-state index in [1.807, 2.05) is 6.21 Å². The molecule has 29 heavy (non-hydrogen) atoms. The van der Waals surface area contributed by atoms with E-state index in [-0.39, 0.29) is 18.0 Å². The van der Waals surface area contributed by atoms with E-state index in [2.05, 4.69) is 56.7 Å². The van der Waals surface area contributed by atoms with Crippen molar-refractivity contribution >= 4 is 17.8 Å². The number of amides is 1. The molecule has 1 amide bonds. The molecule has 0 aromatic heterocycles. The molecule has 1 aliphatic carbocycles. The minimum Gasteiger partial charge on any atom is -0.370 e. The van der Waals surface area contributed by atoms with Gasteiger partial charge in [-0.05, 0) is 69.3 Å². The number of carbonyl (C=O) groups is 1. The molecular weight excluding hydrogens is 362 g/mol. The summed E-state index contributed by atoms with van der Waals surface area (Å²) >= 11 is 0. The number of nitrogens with one attached hydrogen (secondary N) is 2. The van der Waals surface area contributed by atoms with Crippen LogP contribution in [0.1, 0.15) is 31.2 Å². The molecular formula is C23H35N5O. The molecule has 1 aromatic rings. The minimum absolute atomic E-state index is 0.0231. The van der Waals surface area contributed by atoms with E-state index in [0.29, 0.717) is 12.0 Å². The highest BCUT2D eigenvalue weighted by Crippen LogP contribution is 2.35. The second-order valence-corrected chi connectivity index (χ2v) is 8.95. The lowest BCUT2D eigenvalue weighted by Gasteiger charge is -2.25. The van der Waals surface area contributed by atoms with Crippen molar-refractivity contribution in [2.75, 3.05) is 45.2 Å². The van der Waals surface area contributed by atoms with Gasteiger partial charge in [0.15, 0.2) is 0 Å². The standard InChI is InChI=1S/C23H35N5O/c1-24-16-20(26-23(29)22-18-6-7-19(15-18)25-22)14-17-4-8-21(9-5-17)28-11-3-10-27(2)12-13-28/h4-5,8-9,16,18-20,22,25H,3,6-7,10-15H2,1-2H3,(H,26,29)/b24-16+/t18-,19+,20-,22-/m0/s1. The summed E-state index contributed by atoms with van der Waals surface area (Å²) in [7, 11) is 3.97. The van der Waals surface area contributed by atoms with Crippen LogP contribution in [0.4, 0.5) is 5.69 Å². The van der Waals surface area contributed by atoms with Crippen molar-refractivity contribution < 1.29 is 4.79 Å². The Bertz CT molecular complexity index is 718. The van der Waals surface area contributed by atoms with Crippen LogP contribution in [-0.4, -0.2) is 75.4 Å². The van der Waals surface area contributed by atoms with Crippen LogP contribution in [0.5, 0.6) is 0 Å². The first-order chi connectivity index (χ1) is 14.1. The van der Waals surface area contributed by atoms with Gasteiger partial charge in [-0.1, -0.05) is 12.1 Å². The molecule has 2 aliphatic heterocycles. The molecule has 158 valence electrons. The Balaban J connectivity index is 1.35. The van der Waals surface area contributed by atoms with Crippen molar-refractivity contribution in [3.63, 3.8) is 0 Å². The van der Waals surface area contributed by atoms with Crippen molar-refractivity contribution in [1.29, 1.82) is 0 Å². The van der Waals surface area contributed by atoms with Crippen molar-refractivity contribution in [1.82, 2.24) is 15.5 Å². The largest absolute Gasteiger partial charge is 0.370 e. The summed E-state index contributed by atoms with van der Waals surface area (Å²) in [6.45, 7) is 4.47. The van der Waals surface area contributed by atoms with Crippen LogP contribution in [-0.2, 0) is 11.2 Å². The first-order valence-electron chi connectivity index (χ1n) is 11.1. The third kappa shape index (κ3) is 4.98. The van der Waals surface area contributed by atoms with E-state index in [0.717, 1.165) is 32.5 Å². The smallest absolute Gasteiger partial charge is 0.237 e. The number of nitrogens with zero attached hydrogens (tertiary/aromatic N) is 3. The highest BCUT2D eigenvalue weighted by atomic mass is 16.2. The summed E-state index contributed by atoms with van der Waals surface area (Å²) in [5.74, 6) is 0.638. The number of aliphatic imine (C=N–C) groups is 1. The zero-order valence-electron chi connectivity index (χ0n) is 17.8. The Morgan fingerprint density at radius 3 is 2.76 bits per heavy atom. The average Bonchev–Trinajstić information content (AvgIpc) is 3.29. The summed E-state index contributed by atoms with van der Waals surface area (Å²) in [4.78, 5) is 21.9. The summed E-state index contributed by atoms with van der Waals surface area (Å²) in [5, 5.41) is 6.71. The van der Waals surface area contributed by atoms with Crippen LogP contribution in [0.15, 0.2) is 29.3 Å². The van der Waals surface area contributed by atoms with Gasteiger partial charge in [0.2, 0.25) is 5.91 Å². The highest BCUT2D eigenvalue weighted by Gasteiger charge is 2.42. The number of carbonyl (C=O) groups excluding carboxylic acids is 1. The van der Waals surface area contributed by atoms with Crippen LogP contribution in [0, 0.1) is 5.92 Å². The van der Waals surface area contributed by atoms with Crippen molar-refractivity contribution in [3.8, 4) is 0 Å². The lowest BCUT2D eigenvalue weighted by atomic mass is 9.98. The molecule has 6 heteroatoms. The summed E-state index contributed by atoms with van der Waals surface area (Å²) in [5.41, 5.74) is 2.52. The maximum absolute atomic E-state index is 12.8. The van der Waals surface area contributed by atoms with Gasteiger partial charge in [0.05, 0.1) is 12.1 Å². The SMILES string of the molecule is C/N=C/[C@H](Cc1ccc(N2CCCN(C)CC2)cc1)NC(=O)[C@H]1N[C@@H]2CC[C@H]1C2. The van der Waals surface area contributed by atoms with Crippen LogP contribution in [0.25, 0.3) is 0 Å². The van der Waals surface area contributed by atoms with E-state index in [9.17, 15) is 4.79 Å². The molecule has 2 N–H and O–H groups in total. The van der Waals surface area contributed by atoms with Crippen LogP contribution in [0.3, 0.4) is 0 Å². The molecule has 0 radical (unpaired) electrons. The third-order valence-corrected chi connectivity index (χ3v) is 6.78. The normalized spacial score (nSPS) is 28.6. The number of likely N-dealkylation sites (N-methyl/N-ethyl adjacent to an activating group) is 1. The zero-order valence-corrected chi connectivity index (χ0v) is 17.8. The van der Waals surface area contributed by atoms with Crippen LogP contribution >= 0.6 is 0 Å². The molecule has 1 aromatic carbocycles. The molecule has 4 atom stereocenters. The second-order valence-electron chi connectivity index (χ2n) is 8.95. The Morgan fingerprint density at radius 1 is 1.24 bits per heavy atom. The number of hydrogen-bond donors (Lipinski definition) is 2. The average molecular weight is 398 g/mol. The Morgan fingerprint density at radius 2 is 2.07 bits per heavy atom. The Kier molecular flexibility index (Phi) is 6.50. The van der Waals surface area contributed by atoms with Crippen molar-refractivity contribution in [2.24, 2.45) is 10.9 Å². The van der Waals surface area contributed by atoms with Gasteiger partial charge in [0.25, 0.3) is 0 Å². The van der Waals surface area contributed by atoms with E-state index in [1.165, 1.54) is 37.1 Å². The molecule has 3 fully saturated rings. The fraction of sp³-hybridized carbons (Fsp3) is 0.652. The molecule has 6 nitrogen and oxygen atoms in total. The molecule has 2 bridgehead atoms. The van der Waals surface area contributed by atoms with Gasteiger partial charge in [-0.25, -0.2) is 0 Å². The Hall–Kier alpha value is -1.92. The van der Waals surface area contributed by atoms with E-state index >= 15 is 0 Å². The maximum Gasteiger partial charge on any atom is 0.237 e. The fourth-order valence-electron chi connectivity index (χ4n) is 5.15. The van der Waals surface area contributed by atoms with Gasteiger partial charge in [-0.15, -0.1) is 0 Å². The van der Waals surface area contributed by atoms with Crippen LogP contribution in [0.2, 0.25) is 0 Å². The molecule has 3 aliphatic rings. The monoisotopic (exact) mass is 397 g/mol. The van der Waals surface area contributed by atoms with E-state index in [4.69, 9.17) is 0 Å². The van der Waals surface area contributed by atoms with Gasteiger partial charge in [0.1, 0.15) is 0 Å². The number of piperidine rings is 1. The predicted octanol–water partition coefficient (Wildman–Crippen LogP) is 1.70. The minimum atomic E-state index is -0.0638. The zero-order chi connectivity index (χ0) is 20.2. The van der Waals surface area contributed by atoms with Gasteiger partial charge in [-0.3, -0.25) is 9.79 Å². The fourth-order valence-corrected chi connectivity index (χ4v) is 5.15. The number of hydrogen-bond acceptors (Lipinski definition) is 5. The third-order valence-electron chi connectivity index (χ3n) is 6.78. The number of fused-ring (bicyclic) bond motifs is 2. The summed E-state index contributed by atoms with van der Waals surface area (Å²) < 4.78 is 0. The van der Waals surface area contributed by atoms with E-state index < -0.39 is 0 Å². The summed E-state index contributed by atoms with van der Waals surface area (Å²) in [6, 6.07) is 9.29. The number of rotatable bonds is 6. The van der Waals surface area contributed by atoms with Gasteiger partial charge < -0.3 is 20.4 Å². The predicted molar refractivity (Wildman–Crippen MR) is 119 cm³/mol. The topological polar surface area (TPSA) is 60.0 Å². The van der Waals surface area contributed by atoms with Crippen molar-refractivity contribution in [2.45, 2.75) is 50.2 Å². The van der Waals surface area contributed by atoms with E-state index in [1.54, 1.807) is 7.05 Å². The molecule has 2 heterocycles. The lowest BCUT2D eigenvalue weighted by Crippen LogP contribution is -2.51. The summed E-state index contributed by atoms with van der Waals surface area (Å²) in [6.07, 6.45) is 7.38. The second kappa shape index (κ2) is 9.26.